The molecule has 2 rings (SSSR count). The van der Waals surface area contributed by atoms with Crippen LogP contribution in [0.1, 0.15) is 15.9 Å². The maximum Gasteiger partial charge on any atom is 0.171 e. The van der Waals surface area contributed by atoms with Crippen LogP contribution in [0.5, 0.6) is 5.75 Å². The molecule has 2 nitrogen and oxygen atoms in total. The second-order valence-corrected chi connectivity index (χ2v) is 3.43. The van der Waals surface area contributed by atoms with Gasteiger partial charge in [-0.15, -0.1) is 0 Å². The van der Waals surface area contributed by atoms with E-state index < -0.39 is 0 Å². The Hall–Kier alpha value is -2.09. The van der Waals surface area contributed by atoms with Gasteiger partial charge in [-0.25, -0.2) is 0 Å². The van der Waals surface area contributed by atoms with Gasteiger partial charge in [0.25, 0.3) is 0 Å². The summed E-state index contributed by atoms with van der Waals surface area (Å²) in [5.41, 5.74) is 1.15. The van der Waals surface area contributed by atoms with Crippen LogP contribution in [0, 0.1) is 6.42 Å². The SMILES string of the molecule is O=C([CH]c1ccccc1O)c1ccccc1. The topological polar surface area (TPSA) is 37.3 Å². The third-order valence-electron chi connectivity index (χ3n) is 2.28. The van der Waals surface area contributed by atoms with E-state index in [0.29, 0.717) is 11.1 Å². The molecule has 0 saturated carbocycles. The van der Waals surface area contributed by atoms with Gasteiger partial charge >= 0.3 is 0 Å². The van der Waals surface area contributed by atoms with E-state index in [1.165, 1.54) is 6.42 Å². The summed E-state index contributed by atoms with van der Waals surface area (Å²) < 4.78 is 0. The molecule has 0 aliphatic heterocycles. The van der Waals surface area contributed by atoms with Crippen LogP contribution < -0.4 is 0 Å². The summed E-state index contributed by atoms with van der Waals surface area (Å²) in [4.78, 5) is 11.8. The van der Waals surface area contributed by atoms with Crippen molar-refractivity contribution in [3.63, 3.8) is 0 Å². The highest BCUT2D eigenvalue weighted by Gasteiger charge is 2.09. The lowest BCUT2D eigenvalue weighted by atomic mass is 10.0. The van der Waals surface area contributed by atoms with Gasteiger partial charge in [0.15, 0.2) is 5.78 Å². The number of Topliss-reactive ketones (excluding diaryl/α,β-unsaturated/α-hetero) is 1. The maximum absolute atomic E-state index is 11.8. The number of benzene rings is 2. The first kappa shape index (κ1) is 10.4. The molecule has 1 N–H and O–H groups in total. The minimum Gasteiger partial charge on any atom is -0.508 e. The molecule has 0 aromatic heterocycles. The molecular formula is C14H11O2. The van der Waals surface area contributed by atoms with Crippen molar-refractivity contribution in [2.75, 3.05) is 0 Å². The van der Waals surface area contributed by atoms with Crippen molar-refractivity contribution in [2.24, 2.45) is 0 Å². The highest BCUT2D eigenvalue weighted by Crippen LogP contribution is 2.19. The fourth-order valence-corrected chi connectivity index (χ4v) is 1.44. The van der Waals surface area contributed by atoms with Crippen molar-refractivity contribution >= 4 is 5.78 Å². The second kappa shape index (κ2) is 4.62. The minimum atomic E-state index is -0.109. The molecule has 0 amide bonds. The molecule has 16 heavy (non-hydrogen) atoms. The van der Waals surface area contributed by atoms with Crippen LogP contribution in [0.2, 0.25) is 0 Å². The number of ketones is 1. The van der Waals surface area contributed by atoms with Crippen molar-refractivity contribution in [2.45, 2.75) is 0 Å². The third kappa shape index (κ3) is 2.28. The Morgan fingerprint density at radius 3 is 2.25 bits per heavy atom. The van der Waals surface area contributed by atoms with Crippen LogP contribution in [-0.2, 0) is 0 Å². The van der Waals surface area contributed by atoms with Gasteiger partial charge in [0.1, 0.15) is 5.75 Å². The van der Waals surface area contributed by atoms with E-state index in [-0.39, 0.29) is 11.5 Å². The number of hydrogen-bond donors (Lipinski definition) is 1. The van der Waals surface area contributed by atoms with Crippen molar-refractivity contribution < 1.29 is 9.90 Å². The van der Waals surface area contributed by atoms with Gasteiger partial charge in [-0.1, -0.05) is 48.5 Å². The Bertz CT molecular complexity index is 489. The van der Waals surface area contributed by atoms with E-state index in [0.717, 1.165) is 0 Å². The zero-order chi connectivity index (χ0) is 11.4. The lowest BCUT2D eigenvalue weighted by molar-refractivity contribution is 0.103. The summed E-state index contributed by atoms with van der Waals surface area (Å²) >= 11 is 0. The highest BCUT2D eigenvalue weighted by molar-refractivity contribution is 6.05. The largest absolute Gasteiger partial charge is 0.508 e. The molecular weight excluding hydrogens is 200 g/mol. The zero-order valence-electron chi connectivity index (χ0n) is 8.63. The van der Waals surface area contributed by atoms with Gasteiger partial charge in [0.05, 0.1) is 6.42 Å². The minimum absolute atomic E-state index is 0.109. The van der Waals surface area contributed by atoms with E-state index in [1.54, 1.807) is 36.4 Å². The van der Waals surface area contributed by atoms with Gasteiger partial charge in [0, 0.05) is 11.1 Å². The summed E-state index contributed by atoms with van der Waals surface area (Å²) in [6, 6.07) is 15.7. The quantitative estimate of drug-likeness (QED) is 0.792. The average molecular weight is 211 g/mol. The summed E-state index contributed by atoms with van der Waals surface area (Å²) in [7, 11) is 0. The summed E-state index contributed by atoms with van der Waals surface area (Å²) in [5, 5.41) is 9.52. The standard InChI is InChI=1S/C14H11O2/c15-13-9-5-4-8-12(13)10-14(16)11-6-2-1-3-7-11/h1-10,15H. The van der Waals surface area contributed by atoms with Gasteiger partial charge < -0.3 is 5.11 Å². The predicted molar refractivity (Wildman–Crippen MR) is 62.3 cm³/mol. The molecule has 2 aromatic carbocycles. The first-order valence-corrected chi connectivity index (χ1v) is 4.99. The molecule has 0 bridgehead atoms. The second-order valence-electron chi connectivity index (χ2n) is 3.43. The normalized spacial score (nSPS) is 10.0. The molecule has 2 heteroatoms. The van der Waals surface area contributed by atoms with E-state index in [9.17, 15) is 9.90 Å². The van der Waals surface area contributed by atoms with Crippen LogP contribution in [0.25, 0.3) is 0 Å². The van der Waals surface area contributed by atoms with Crippen molar-refractivity contribution in [1.82, 2.24) is 0 Å². The molecule has 0 spiro atoms. The third-order valence-corrected chi connectivity index (χ3v) is 2.28. The fraction of sp³-hybridized carbons (Fsp3) is 0. The fourth-order valence-electron chi connectivity index (χ4n) is 1.44. The highest BCUT2D eigenvalue weighted by atomic mass is 16.3. The number of hydrogen-bond acceptors (Lipinski definition) is 2. The molecule has 0 unspecified atom stereocenters. The number of para-hydroxylation sites is 1. The Kier molecular flexibility index (Phi) is 3.01. The van der Waals surface area contributed by atoms with Gasteiger partial charge in [-0.2, -0.15) is 0 Å². The Balaban J connectivity index is 2.18. The molecule has 2 aromatic rings. The lowest BCUT2D eigenvalue weighted by Gasteiger charge is -2.02. The number of phenolic OH excluding ortho intramolecular Hbond substituents is 1. The number of aromatic hydroxyl groups is 1. The van der Waals surface area contributed by atoms with Crippen LogP contribution in [-0.4, -0.2) is 10.9 Å². The first-order chi connectivity index (χ1) is 7.77. The summed E-state index contributed by atoms with van der Waals surface area (Å²) in [5.74, 6) is 0.00822. The molecule has 79 valence electrons. The molecule has 0 heterocycles. The van der Waals surface area contributed by atoms with Gasteiger partial charge in [-0.05, 0) is 6.07 Å². The van der Waals surface area contributed by atoms with Crippen molar-refractivity contribution in [3.05, 3.63) is 72.1 Å². The molecule has 1 radical (unpaired) electrons. The van der Waals surface area contributed by atoms with Gasteiger partial charge in [0.2, 0.25) is 0 Å². The number of rotatable bonds is 3. The smallest absolute Gasteiger partial charge is 0.171 e. The molecule has 0 fully saturated rings. The summed E-state index contributed by atoms with van der Waals surface area (Å²) in [6.07, 6.45) is 1.44. The first-order valence-electron chi connectivity index (χ1n) is 4.99. The summed E-state index contributed by atoms with van der Waals surface area (Å²) in [6.45, 7) is 0. The van der Waals surface area contributed by atoms with Gasteiger partial charge in [-0.3, -0.25) is 4.79 Å². The Labute approximate surface area is 94.2 Å². The van der Waals surface area contributed by atoms with E-state index in [1.807, 2.05) is 18.2 Å². The predicted octanol–water partition coefficient (Wildman–Crippen LogP) is 2.83. The maximum atomic E-state index is 11.8. The number of carbonyl (C=O) groups is 1. The number of carbonyl (C=O) groups excluding carboxylic acids is 1. The van der Waals surface area contributed by atoms with E-state index in [2.05, 4.69) is 0 Å². The van der Waals surface area contributed by atoms with Crippen molar-refractivity contribution in [1.29, 1.82) is 0 Å². The number of phenols is 1. The van der Waals surface area contributed by atoms with Crippen LogP contribution in [0.3, 0.4) is 0 Å². The molecule has 0 saturated heterocycles. The monoisotopic (exact) mass is 211 g/mol. The molecule has 0 aliphatic rings. The van der Waals surface area contributed by atoms with Crippen molar-refractivity contribution in [3.8, 4) is 5.75 Å². The van der Waals surface area contributed by atoms with Crippen LogP contribution in [0.4, 0.5) is 0 Å². The zero-order valence-corrected chi connectivity index (χ0v) is 8.63. The van der Waals surface area contributed by atoms with Crippen LogP contribution >= 0.6 is 0 Å². The Morgan fingerprint density at radius 1 is 0.938 bits per heavy atom. The molecule has 0 aliphatic carbocycles. The Morgan fingerprint density at radius 2 is 1.56 bits per heavy atom. The van der Waals surface area contributed by atoms with E-state index in [4.69, 9.17) is 0 Å². The lowest BCUT2D eigenvalue weighted by Crippen LogP contribution is -2.00. The molecule has 0 atom stereocenters. The average Bonchev–Trinajstić information content (AvgIpc) is 2.33. The van der Waals surface area contributed by atoms with Crippen LogP contribution in [0.15, 0.2) is 54.6 Å². The van der Waals surface area contributed by atoms with E-state index >= 15 is 0 Å².